The molecule has 7 heteroatoms. The van der Waals surface area contributed by atoms with Gasteiger partial charge in [0.2, 0.25) is 10.0 Å². The van der Waals surface area contributed by atoms with E-state index in [9.17, 15) is 8.42 Å². The zero-order chi connectivity index (χ0) is 15.5. The molecular formula is C14H19Cl2NO3S. The number of hydrogen-bond donors (Lipinski definition) is 0. The van der Waals surface area contributed by atoms with E-state index in [0.717, 1.165) is 18.4 Å². The van der Waals surface area contributed by atoms with E-state index in [2.05, 4.69) is 0 Å². The summed E-state index contributed by atoms with van der Waals surface area (Å²) in [6.45, 7) is 3.42. The maximum Gasteiger partial charge on any atom is 0.243 e. The number of rotatable bonds is 5. The Balaban J connectivity index is 2.23. The van der Waals surface area contributed by atoms with Crippen LogP contribution in [0.15, 0.2) is 23.1 Å². The van der Waals surface area contributed by atoms with E-state index >= 15 is 0 Å². The molecule has 0 spiro atoms. The lowest BCUT2D eigenvalue weighted by Gasteiger charge is -2.31. The van der Waals surface area contributed by atoms with Gasteiger partial charge in [-0.15, -0.1) is 11.6 Å². The second-order valence-corrected chi connectivity index (χ2v) is 7.58. The first-order valence-electron chi connectivity index (χ1n) is 6.95. The summed E-state index contributed by atoms with van der Waals surface area (Å²) < 4.78 is 32.4. The van der Waals surface area contributed by atoms with E-state index in [1.165, 1.54) is 10.4 Å². The fourth-order valence-corrected chi connectivity index (χ4v) is 4.59. The van der Waals surface area contributed by atoms with Gasteiger partial charge < -0.3 is 4.74 Å². The maximum absolute atomic E-state index is 12.7. The topological polar surface area (TPSA) is 46.6 Å². The second-order valence-electron chi connectivity index (χ2n) is 4.97. The van der Waals surface area contributed by atoms with Crippen molar-refractivity contribution in [1.29, 1.82) is 0 Å². The summed E-state index contributed by atoms with van der Waals surface area (Å²) >= 11 is 11.8. The van der Waals surface area contributed by atoms with E-state index in [1.54, 1.807) is 12.1 Å². The first-order valence-corrected chi connectivity index (χ1v) is 9.30. The number of piperidine rings is 1. The Morgan fingerprint density at radius 2 is 2.19 bits per heavy atom. The second kappa shape index (κ2) is 7.29. The van der Waals surface area contributed by atoms with Crippen LogP contribution in [0.3, 0.4) is 0 Å². The summed E-state index contributed by atoms with van der Waals surface area (Å²) in [4.78, 5) is 0.207. The fraction of sp³-hybridized carbons (Fsp3) is 0.571. The molecule has 1 atom stereocenters. The lowest BCUT2D eigenvalue weighted by Crippen LogP contribution is -2.43. The number of sulfonamides is 1. The highest BCUT2D eigenvalue weighted by molar-refractivity contribution is 7.89. The SMILES string of the molecule is CCOC1CCCN(S(=O)(=O)c2ccc(CCl)c(Cl)c2)C1. The Bertz CT molecular complexity index is 590. The standard InChI is InChI=1S/C14H19Cl2NO3S/c1-2-20-12-4-3-7-17(10-12)21(18,19)13-6-5-11(9-15)14(16)8-13/h5-6,8,12H,2-4,7,9-10H2,1H3. The van der Waals surface area contributed by atoms with Gasteiger partial charge in [-0.2, -0.15) is 4.31 Å². The first-order chi connectivity index (χ1) is 9.98. The van der Waals surface area contributed by atoms with Gasteiger partial charge in [0.15, 0.2) is 0 Å². The monoisotopic (exact) mass is 351 g/mol. The summed E-state index contributed by atoms with van der Waals surface area (Å²) in [7, 11) is -3.53. The molecule has 1 aliphatic rings. The third-order valence-electron chi connectivity index (χ3n) is 3.55. The molecule has 1 aromatic carbocycles. The van der Waals surface area contributed by atoms with Crippen LogP contribution in [0.5, 0.6) is 0 Å². The van der Waals surface area contributed by atoms with Crippen molar-refractivity contribution in [3.8, 4) is 0 Å². The van der Waals surface area contributed by atoms with E-state index in [4.69, 9.17) is 27.9 Å². The molecule has 1 fully saturated rings. The van der Waals surface area contributed by atoms with Gasteiger partial charge in [0.25, 0.3) is 0 Å². The molecule has 1 unspecified atom stereocenters. The lowest BCUT2D eigenvalue weighted by molar-refractivity contribution is 0.0265. The molecule has 0 N–H and O–H groups in total. The highest BCUT2D eigenvalue weighted by Crippen LogP contribution is 2.26. The third kappa shape index (κ3) is 3.90. The molecule has 0 radical (unpaired) electrons. The van der Waals surface area contributed by atoms with E-state index < -0.39 is 10.0 Å². The van der Waals surface area contributed by atoms with Gasteiger partial charge in [-0.1, -0.05) is 17.7 Å². The smallest absolute Gasteiger partial charge is 0.243 e. The van der Waals surface area contributed by atoms with Crippen molar-refractivity contribution in [3.63, 3.8) is 0 Å². The van der Waals surface area contributed by atoms with Gasteiger partial charge >= 0.3 is 0 Å². The molecular weight excluding hydrogens is 333 g/mol. The van der Waals surface area contributed by atoms with Crippen LogP contribution < -0.4 is 0 Å². The summed E-state index contributed by atoms with van der Waals surface area (Å²) in [6.07, 6.45) is 1.67. The Kier molecular flexibility index (Phi) is 5.91. The zero-order valence-corrected chi connectivity index (χ0v) is 14.2. The van der Waals surface area contributed by atoms with Crippen LogP contribution in [0.2, 0.25) is 5.02 Å². The Morgan fingerprint density at radius 1 is 1.43 bits per heavy atom. The van der Waals surface area contributed by atoms with Gasteiger partial charge in [0.1, 0.15) is 0 Å². The molecule has 0 saturated carbocycles. The van der Waals surface area contributed by atoms with E-state index in [0.29, 0.717) is 24.7 Å². The van der Waals surface area contributed by atoms with Gasteiger partial charge in [-0.05, 0) is 37.5 Å². The molecule has 2 rings (SSSR count). The highest BCUT2D eigenvalue weighted by atomic mass is 35.5. The van der Waals surface area contributed by atoms with Crippen LogP contribution in [0.4, 0.5) is 0 Å². The molecule has 21 heavy (non-hydrogen) atoms. The largest absolute Gasteiger partial charge is 0.377 e. The molecule has 1 heterocycles. The van der Waals surface area contributed by atoms with Gasteiger partial charge in [-0.3, -0.25) is 0 Å². The average molecular weight is 352 g/mol. The fourth-order valence-electron chi connectivity index (χ4n) is 2.44. The van der Waals surface area contributed by atoms with Crippen molar-refractivity contribution < 1.29 is 13.2 Å². The molecule has 118 valence electrons. The van der Waals surface area contributed by atoms with Crippen molar-refractivity contribution in [2.24, 2.45) is 0 Å². The molecule has 0 aromatic heterocycles. The van der Waals surface area contributed by atoms with Crippen LogP contribution >= 0.6 is 23.2 Å². The first kappa shape index (κ1) is 17.0. The normalized spacial score (nSPS) is 20.6. The molecule has 4 nitrogen and oxygen atoms in total. The minimum atomic E-state index is -3.53. The van der Waals surface area contributed by atoms with Crippen LogP contribution in [0, 0.1) is 0 Å². The Morgan fingerprint density at radius 3 is 2.81 bits per heavy atom. The number of nitrogens with zero attached hydrogens (tertiary/aromatic N) is 1. The predicted molar refractivity (Wildman–Crippen MR) is 84.4 cm³/mol. The van der Waals surface area contributed by atoms with Crippen LogP contribution in [0.1, 0.15) is 25.3 Å². The van der Waals surface area contributed by atoms with E-state index in [-0.39, 0.29) is 16.9 Å². The predicted octanol–water partition coefficient (Wildman–Crippen LogP) is 3.27. The summed E-state index contributed by atoms with van der Waals surface area (Å²) in [6, 6.07) is 4.69. The quantitative estimate of drug-likeness (QED) is 0.764. The van der Waals surface area contributed by atoms with Crippen molar-refractivity contribution in [1.82, 2.24) is 4.31 Å². The molecule has 0 aliphatic carbocycles. The van der Waals surface area contributed by atoms with Gasteiger partial charge in [0.05, 0.1) is 11.0 Å². The Labute approximate surface area is 136 Å². The number of ether oxygens (including phenoxy) is 1. The molecule has 0 amide bonds. The number of hydrogen-bond acceptors (Lipinski definition) is 3. The van der Waals surface area contributed by atoms with E-state index in [1.807, 2.05) is 6.92 Å². The van der Waals surface area contributed by atoms with Crippen molar-refractivity contribution in [2.75, 3.05) is 19.7 Å². The number of benzene rings is 1. The number of halogens is 2. The lowest BCUT2D eigenvalue weighted by atomic mass is 10.1. The number of alkyl halides is 1. The maximum atomic E-state index is 12.7. The molecule has 0 bridgehead atoms. The van der Waals surface area contributed by atoms with Crippen molar-refractivity contribution in [3.05, 3.63) is 28.8 Å². The van der Waals surface area contributed by atoms with Gasteiger partial charge in [0, 0.05) is 30.6 Å². The Hall–Kier alpha value is -0.330. The van der Waals surface area contributed by atoms with Crippen LogP contribution in [-0.4, -0.2) is 38.5 Å². The summed E-state index contributed by atoms with van der Waals surface area (Å²) in [5, 5.41) is 0.379. The third-order valence-corrected chi connectivity index (χ3v) is 6.05. The molecule has 1 saturated heterocycles. The minimum Gasteiger partial charge on any atom is -0.377 e. The average Bonchev–Trinajstić information content (AvgIpc) is 2.48. The van der Waals surface area contributed by atoms with Crippen molar-refractivity contribution >= 4 is 33.2 Å². The van der Waals surface area contributed by atoms with Crippen LogP contribution in [-0.2, 0) is 20.6 Å². The molecule has 1 aromatic rings. The highest BCUT2D eigenvalue weighted by Gasteiger charge is 2.30. The zero-order valence-electron chi connectivity index (χ0n) is 11.9. The van der Waals surface area contributed by atoms with Gasteiger partial charge in [-0.25, -0.2) is 8.42 Å². The van der Waals surface area contributed by atoms with Crippen molar-refractivity contribution in [2.45, 2.75) is 36.6 Å². The molecule has 1 aliphatic heterocycles. The summed E-state index contributed by atoms with van der Waals surface area (Å²) in [5.41, 5.74) is 0.725. The minimum absolute atomic E-state index is 0.0314. The summed E-state index contributed by atoms with van der Waals surface area (Å²) in [5.74, 6) is 0.259. The van der Waals surface area contributed by atoms with Crippen LogP contribution in [0.25, 0.3) is 0 Å².